The van der Waals surface area contributed by atoms with Gasteiger partial charge in [0.25, 0.3) is 0 Å². The highest BCUT2D eigenvalue weighted by atomic mass is 32.2. The Morgan fingerprint density at radius 3 is 2.48 bits per heavy atom. The first kappa shape index (κ1) is 23.4. The Labute approximate surface area is 171 Å². The zero-order valence-corrected chi connectivity index (χ0v) is 18.6. The van der Waals surface area contributed by atoms with Crippen molar-refractivity contribution in [3.63, 3.8) is 0 Å². The normalized spacial score (nSPS) is 15.1. The first-order chi connectivity index (χ1) is 12.8. The maximum atomic E-state index is 4.19. The van der Waals surface area contributed by atoms with Crippen molar-refractivity contribution in [2.45, 2.75) is 72.6 Å². The van der Waals surface area contributed by atoms with Gasteiger partial charge in [-0.05, 0) is 82.1 Å². The Bertz CT molecular complexity index is 670. The quantitative estimate of drug-likeness (QED) is 0.268. The molecule has 1 nitrogen and oxygen atoms in total. The molecule has 0 amide bonds. The standard InChI is InChI=1S/C25H37NS/c1-19(2)27-24(7)13-9-8-11-20(3)15-16-22(5)26-23(6)18-25-14-10-12-21(4)17-25/h12,15-17,26H,1,6-11,13-14,18H2,2-5H3/b20-15+,22-16+. The number of allylic oxidation sites excluding steroid dienone is 10. The molecule has 0 radical (unpaired) electrons. The van der Waals surface area contributed by atoms with E-state index in [9.17, 15) is 0 Å². The van der Waals surface area contributed by atoms with Gasteiger partial charge in [0.2, 0.25) is 0 Å². The summed E-state index contributed by atoms with van der Waals surface area (Å²) >= 11 is 1.71. The number of hydrogen-bond acceptors (Lipinski definition) is 2. The van der Waals surface area contributed by atoms with Gasteiger partial charge in [0.1, 0.15) is 0 Å². The van der Waals surface area contributed by atoms with Crippen molar-refractivity contribution in [3.05, 3.63) is 82.0 Å². The van der Waals surface area contributed by atoms with E-state index < -0.39 is 0 Å². The minimum atomic E-state index is 0.936. The van der Waals surface area contributed by atoms with E-state index in [1.54, 1.807) is 11.8 Å². The zero-order valence-electron chi connectivity index (χ0n) is 17.8. The summed E-state index contributed by atoms with van der Waals surface area (Å²) in [6.07, 6.45) is 16.8. The van der Waals surface area contributed by atoms with E-state index >= 15 is 0 Å². The smallest absolute Gasteiger partial charge is 0.0117 e. The predicted octanol–water partition coefficient (Wildman–Crippen LogP) is 8.34. The molecule has 1 N–H and O–H groups in total. The summed E-state index contributed by atoms with van der Waals surface area (Å²) in [7, 11) is 0. The summed E-state index contributed by atoms with van der Waals surface area (Å²) in [5.41, 5.74) is 6.48. The van der Waals surface area contributed by atoms with Gasteiger partial charge in [-0.25, -0.2) is 0 Å². The van der Waals surface area contributed by atoms with Gasteiger partial charge in [-0.1, -0.05) is 54.7 Å². The predicted molar refractivity (Wildman–Crippen MR) is 125 cm³/mol. The van der Waals surface area contributed by atoms with Crippen LogP contribution in [0.25, 0.3) is 0 Å². The molecule has 0 bridgehead atoms. The van der Waals surface area contributed by atoms with Crippen molar-refractivity contribution in [1.82, 2.24) is 5.32 Å². The van der Waals surface area contributed by atoms with Crippen molar-refractivity contribution in [1.29, 1.82) is 0 Å². The second-order valence-electron chi connectivity index (χ2n) is 7.61. The van der Waals surface area contributed by atoms with Crippen molar-refractivity contribution in [2.75, 3.05) is 0 Å². The molecule has 0 aliphatic heterocycles. The molecule has 1 rings (SSSR count). The summed E-state index contributed by atoms with van der Waals surface area (Å²) < 4.78 is 0. The highest BCUT2D eigenvalue weighted by molar-refractivity contribution is 8.06. The molecule has 27 heavy (non-hydrogen) atoms. The highest BCUT2D eigenvalue weighted by Crippen LogP contribution is 2.26. The van der Waals surface area contributed by atoms with Crippen LogP contribution in [0.15, 0.2) is 82.0 Å². The fourth-order valence-electron chi connectivity index (χ4n) is 3.09. The van der Waals surface area contributed by atoms with E-state index in [1.165, 1.54) is 34.5 Å². The molecule has 0 saturated carbocycles. The topological polar surface area (TPSA) is 12.0 Å². The van der Waals surface area contributed by atoms with Crippen LogP contribution < -0.4 is 5.32 Å². The molecule has 1 aliphatic rings. The third-order valence-electron chi connectivity index (χ3n) is 4.39. The van der Waals surface area contributed by atoms with Crippen LogP contribution in [0.2, 0.25) is 0 Å². The zero-order chi connectivity index (χ0) is 20.2. The molecule has 0 aromatic carbocycles. The maximum Gasteiger partial charge on any atom is 0.0117 e. The van der Waals surface area contributed by atoms with Crippen molar-refractivity contribution >= 4 is 11.8 Å². The Balaban J connectivity index is 2.32. The molecule has 148 valence electrons. The lowest BCUT2D eigenvalue weighted by Gasteiger charge is -2.15. The van der Waals surface area contributed by atoms with Crippen LogP contribution in [-0.2, 0) is 0 Å². The monoisotopic (exact) mass is 383 g/mol. The SMILES string of the molecule is C=C(CC1=CC(C)=CCC1)N/C(C)=C/C=C(\C)CCCCC(=C)SC(=C)C. The van der Waals surface area contributed by atoms with Gasteiger partial charge >= 0.3 is 0 Å². The molecular weight excluding hydrogens is 346 g/mol. The van der Waals surface area contributed by atoms with Crippen LogP contribution in [0.3, 0.4) is 0 Å². The van der Waals surface area contributed by atoms with Gasteiger partial charge in [0, 0.05) is 17.8 Å². The lowest BCUT2D eigenvalue weighted by Crippen LogP contribution is -2.10. The molecular formula is C25H37NS. The number of nitrogens with one attached hydrogen (secondary N) is 1. The van der Waals surface area contributed by atoms with Crippen molar-refractivity contribution in [2.24, 2.45) is 0 Å². The van der Waals surface area contributed by atoms with Crippen LogP contribution >= 0.6 is 11.8 Å². The molecule has 0 aromatic rings. The van der Waals surface area contributed by atoms with E-state index in [1.807, 2.05) is 6.92 Å². The minimum absolute atomic E-state index is 0.936. The number of thioether (sulfide) groups is 1. The molecule has 0 fully saturated rings. The Kier molecular flexibility index (Phi) is 11.0. The van der Waals surface area contributed by atoms with E-state index in [0.717, 1.165) is 48.4 Å². The van der Waals surface area contributed by atoms with Crippen LogP contribution in [-0.4, -0.2) is 0 Å². The molecule has 0 spiro atoms. The van der Waals surface area contributed by atoms with Gasteiger partial charge in [-0.15, -0.1) is 11.8 Å². The largest absolute Gasteiger partial charge is 0.363 e. The van der Waals surface area contributed by atoms with Gasteiger partial charge in [-0.3, -0.25) is 0 Å². The van der Waals surface area contributed by atoms with E-state index in [2.05, 4.69) is 70.1 Å². The fourth-order valence-corrected chi connectivity index (χ4v) is 3.83. The maximum absolute atomic E-state index is 4.19. The van der Waals surface area contributed by atoms with Crippen LogP contribution in [0.5, 0.6) is 0 Å². The van der Waals surface area contributed by atoms with Gasteiger partial charge in [0.15, 0.2) is 0 Å². The lowest BCUT2D eigenvalue weighted by molar-refractivity contribution is 0.739. The lowest BCUT2D eigenvalue weighted by atomic mass is 9.97. The number of rotatable bonds is 12. The van der Waals surface area contributed by atoms with E-state index in [0.29, 0.717) is 0 Å². The molecule has 0 aromatic heterocycles. The molecule has 2 heteroatoms. The van der Waals surface area contributed by atoms with Crippen LogP contribution in [0, 0.1) is 0 Å². The summed E-state index contributed by atoms with van der Waals surface area (Å²) in [5.74, 6) is 0. The second-order valence-corrected chi connectivity index (χ2v) is 9.09. The van der Waals surface area contributed by atoms with Gasteiger partial charge in [-0.2, -0.15) is 0 Å². The van der Waals surface area contributed by atoms with Crippen molar-refractivity contribution in [3.8, 4) is 0 Å². The molecule has 0 heterocycles. The number of unbranched alkanes of at least 4 members (excludes halogenated alkanes) is 1. The highest BCUT2D eigenvalue weighted by Gasteiger charge is 2.05. The Hall–Kier alpha value is -1.67. The number of hydrogen-bond donors (Lipinski definition) is 1. The molecule has 1 aliphatic carbocycles. The first-order valence-electron chi connectivity index (χ1n) is 9.92. The second kappa shape index (κ2) is 12.7. The average molecular weight is 384 g/mol. The molecule has 0 unspecified atom stereocenters. The van der Waals surface area contributed by atoms with Crippen LogP contribution in [0.4, 0.5) is 0 Å². The van der Waals surface area contributed by atoms with E-state index in [-0.39, 0.29) is 0 Å². The molecule has 0 atom stereocenters. The average Bonchev–Trinajstić information content (AvgIpc) is 2.56. The summed E-state index contributed by atoms with van der Waals surface area (Å²) in [6, 6.07) is 0. The first-order valence-corrected chi connectivity index (χ1v) is 10.7. The Morgan fingerprint density at radius 2 is 1.81 bits per heavy atom. The molecule has 0 saturated heterocycles. The third-order valence-corrected chi connectivity index (χ3v) is 5.23. The third kappa shape index (κ3) is 11.6. The van der Waals surface area contributed by atoms with E-state index in [4.69, 9.17) is 0 Å². The van der Waals surface area contributed by atoms with Crippen LogP contribution in [0.1, 0.15) is 72.6 Å². The summed E-state index contributed by atoms with van der Waals surface area (Å²) in [6.45, 7) is 20.7. The summed E-state index contributed by atoms with van der Waals surface area (Å²) in [4.78, 5) is 2.35. The fraction of sp³-hybridized carbons (Fsp3) is 0.440. The summed E-state index contributed by atoms with van der Waals surface area (Å²) in [5, 5.41) is 3.44. The van der Waals surface area contributed by atoms with Gasteiger partial charge < -0.3 is 5.32 Å². The van der Waals surface area contributed by atoms with Crippen molar-refractivity contribution < 1.29 is 0 Å². The Morgan fingerprint density at radius 1 is 1.11 bits per heavy atom. The van der Waals surface area contributed by atoms with Gasteiger partial charge in [0.05, 0.1) is 0 Å². The minimum Gasteiger partial charge on any atom is -0.363 e.